The van der Waals surface area contributed by atoms with Gasteiger partial charge in [0, 0.05) is 23.4 Å². The summed E-state index contributed by atoms with van der Waals surface area (Å²) in [5, 5.41) is 8.94. The Kier molecular flexibility index (Phi) is 8.34. The fourth-order valence-corrected chi connectivity index (χ4v) is 3.48. The molecule has 8 heteroatoms. The van der Waals surface area contributed by atoms with Crippen LogP contribution in [0.25, 0.3) is 6.08 Å². The maximum Gasteiger partial charge on any atom is 0.318 e. The molecule has 0 saturated carbocycles. The Hall–Kier alpha value is -4.46. The molecule has 0 aromatic heterocycles. The second-order valence-electron chi connectivity index (χ2n) is 7.92. The van der Waals surface area contributed by atoms with E-state index in [1.54, 1.807) is 48.5 Å². The van der Waals surface area contributed by atoms with E-state index >= 15 is 0 Å². The molecule has 0 amide bonds. The SMILES string of the molecule is Nc1ccc(C(CCCC(=O)O)C(=O)Oc2ccc(C=CC(=O)c3ccc(F)cc3)cc2)c(N)c1. The molecular weight excluding hydrogens is 451 g/mol. The summed E-state index contributed by atoms with van der Waals surface area (Å²) in [5.74, 6) is -2.69. The molecule has 0 aliphatic carbocycles. The van der Waals surface area contributed by atoms with E-state index in [9.17, 15) is 18.8 Å². The van der Waals surface area contributed by atoms with E-state index in [1.165, 1.54) is 30.3 Å². The van der Waals surface area contributed by atoms with Crippen LogP contribution in [0.4, 0.5) is 15.8 Å². The van der Waals surface area contributed by atoms with E-state index in [0.29, 0.717) is 28.1 Å². The first-order valence-electron chi connectivity index (χ1n) is 10.9. The van der Waals surface area contributed by atoms with Crippen molar-refractivity contribution in [3.63, 3.8) is 0 Å². The van der Waals surface area contributed by atoms with Crippen LogP contribution in [0.5, 0.6) is 5.75 Å². The van der Waals surface area contributed by atoms with Crippen LogP contribution in [0.1, 0.15) is 46.7 Å². The van der Waals surface area contributed by atoms with Crippen LogP contribution in [-0.2, 0) is 9.59 Å². The van der Waals surface area contributed by atoms with E-state index in [1.807, 2.05) is 0 Å². The minimum absolute atomic E-state index is 0.0870. The third kappa shape index (κ3) is 7.26. The number of hydrogen-bond acceptors (Lipinski definition) is 6. The molecule has 5 N–H and O–H groups in total. The number of aliphatic carboxylic acids is 1. The number of benzene rings is 3. The predicted octanol–water partition coefficient (Wildman–Crippen LogP) is 4.83. The van der Waals surface area contributed by atoms with Crippen molar-refractivity contribution < 1.29 is 28.6 Å². The van der Waals surface area contributed by atoms with Crippen molar-refractivity contribution in [2.75, 3.05) is 11.5 Å². The van der Waals surface area contributed by atoms with Crippen molar-refractivity contribution in [1.82, 2.24) is 0 Å². The number of halogens is 1. The average Bonchev–Trinajstić information content (AvgIpc) is 2.82. The number of anilines is 2. The Balaban J connectivity index is 1.69. The molecule has 0 heterocycles. The number of allylic oxidation sites excluding steroid dienone is 1. The van der Waals surface area contributed by atoms with Crippen molar-refractivity contribution in [3.8, 4) is 5.75 Å². The highest BCUT2D eigenvalue weighted by Crippen LogP contribution is 2.30. The smallest absolute Gasteiger partial charge is 0.318 e. The number of carboxylic acids is 1. The highest BCUT2D eigenvalue weighted by Gasteiger charge is 2.25. The summed E-state index contributed by atoms with van der Waals surface area (Å²) in [6.07, 6.45) is 3.39. The Morgan fingerprint density at radius 1 is 0.971 bits per heavy atom. The third-order valence-electron chi connectivity index (χ3n) is 5.31. The monoisotopic (exact) mass is 476 g/mol. The summed E-state index contributed by atoms with van der Waals surface area (Å²) in [5.41, 5.74) is 14.2. The van der Waals surface area contributed by atoms with Crippen molar-refractivity contribution >= 4 is 35.2 Å². The van der Waals surface area contributed by atoms with Gasteiger partial charge >= 0.3 is 11.9 Å². The van der Waals surface area contributed by atoms with Gasteiger partial charge in [0.25, 0.3) is 0 Å². The zero-order valence-corrected chi connectivity index (χ0v) is 18.8. The van der Waals surface area contributed by atoms with Crippen LogP contribution in [-0.4, -0.2) is 22.8 Å². The molecular formula is C27H25FN2O5. The average molecular weight is 477 g/mol. The molecule has 0 radical (unpaired) electrons. The van der Waals surface area contributed by atoms with Gasteiger partial charge in [-0.3, -0.25) is 14.4 Å². The lowest BCUT2D eigenvalue weighted by Gasteiger charge is -2.18. The lowest BCUT2D eigenvalue weighted by Crippen LogP contribution is -2.20. The van der Waals surface area contributed by atoms with Gasteiger partial charge in [-0.05, 0) is 78.6 Å². The number of nitrogen functional groups attached to an aromatic ring is 2. The first-order valence-corrected chi connectivity index (χ1v) is 10.9. The zero-order valence-electron chi connectivity index (χ0n) is 18.8. The second kappa shape index (κ2) is 11.6. The number of ketones is 1. The Morgan fingerprint density at radius 2 is 1.66 bits per heavy atom. The Bertz CT molecular complexity index is 1240. The first-order chi connectivity index (χ1) is 16.7. The lowest BCUT2D eigenvalue weighted by molar-refractivity contribution is -0.139. The van der Waals surface area contributed by atoms with Crippen LogP contribution >= 0.6 is 0 Å². The number of esters is 1. The minimum atomic E-state index is -0.955. The summed E-state index contributed by atoms with van der Waals surface area (Å²) in [6, 6.07) is 16.6. The number of carboxylic acid groups (broad SMARTS) is 1. The topological polar surface area (TPSA) is 133 Å². The molecule has 0 fully saturated rings. The van der Waals surface area contributed by atoms with E-state index in [4.69, 9.17) is 21.3 Å². The van der Waals surface area contributed by atoms with E-state index < -0.39 is 23.7 Å². The highest BCUT2D eigenvalue weighted by atomic mass is 19.1. The van der Waals surface area contributed by atoms with E-state index in [0.717, 1.165) is 0 Å². The van der Waals surface area contributed by atoms with Crippen molar-refractivity contribution in [3.05, 3.63) is 95.3 Å². The largest absolute Gasteiger partial charge is 0.481 e. The standard InChI is InChI=1S/C27H25FN2O5/c28-19-9-7-18(8-10-19)25(31)15-6-17-4-12-21(13-5-17)35-27(34)23(2-1-3-26(32)33)22-14-11-20(29)16-24(22)30/h4-16,23H,1-3,29-30H2,(H,32,33). The van der Waals surface area contributed by atoms with Gasteiger partial charge in [-0.25, -0.2) is 4.39 Å². The Morgan fingerprint density at radius 3 is 2.29 bits per heavy atom. The van der Waals surface area contributed by atoms with Crippen molar-refractivity contribution in [1.29, 1.82) is 0 Å². The van der Waals surface area contributed by atoms with Gasteiger partial charge < -0.3 is 21.3 Å². The molecule has 0 saturated heterocycles. The summed E-state index contributed by atoms with van der Waals surface area (Å²) in [7, 11) is 0. The number of carbonyl (C=O) groups excluding carboxylic acids is 2. The number of ether oxygens (including phenoxy) is 1. The maximum absolute atomic E-state index is 13.0. The van der Waals surface area contributed by atoms with Gasteiger partial charge in [-0.2, -0.15) is 0 Å². The number of nitrogens with two attached hydrogens (primary N) is 2. The number of hydrogen-bond donors (Lipinski definition) is 3. The second-order valence-corrected chi connectivity index (χ2v) is 7.92. The van der Waals surface area contributed by atoms with E-state index in [-0.39, 0.29) is 30.8 Å². The van der Waals surface area contributed by atoms with Crippen LogP contribution in [0.3, 0.4) is 0 Å². The van der Waals surface area contributed by atoms with Crippen molar-refractivity contribution in [2.45, 2.75) is 25.2 Å². The molecule has 1 unspecified atom stereocenters. The summed E-state index contributed by atoms with van der Waals surface area (Å²) in [6.45, 7) is 0. The number of rotatable bonds is 10. The predicted molar refractivity (Wildman–Crippen MR) is 131 cm³/mol. The van der Waals surface area contributed by atoms with Gasteiger partial charge in [-0.15, -0.1) is 0 Å². The zero-order chi connectivity index (χ0) is 25.4. The molecule has 3 aromatic rings. The van der Waals surface area contributed by atoms with Gasteiger partial charge in [0.1, 0.15) is 11.6 Å². The molecule has 0 bridgehead atoms. The molecule has 0 aliphatic rings. The van der Waals surface area contributed by atoms with Gasteiger partial charge in [0.05, 0.1) is 5.92 Å². The lowest BCUT2D eigenvalue weighted by atomic mass is 9.92. The molecule has 35 heavy (non-hydrogen) atoms. The fourth-order valence-electron chi connectivity index (χ4n) is 3.48. The van der Waals surface area contributed by atoms with Crippen LogP contribution < -0.4 is 16.2 Å². The third-order valence-corrected chi connectivity index (χ3v) is 5.31. The first kappa shape index (κ1) is 25.2. The molecule has 180 valence electrons. The molecule has 7 nitrogen and oxygen atoms in total. The summed E-state index contributed by atoms with van der Waals surface area (Å²) >= 11 is 0. The van der Waals surface area contributed by atoms with Gasteiger partial charge in [-0.1, -0.05) is 24.3 Å². The molecule has 3 aromatic carbocycles. The highest BCUT2D eigenvalue weighted by molar-refractivity contribution is 6.06. The Labute approximate surface area is 201 Å². The molecule has 0 spiro atoms. The molecule has 1 atom stereocenters. The fraction of sp³-hybridized carbons (Fsp3) is 0.148. The molecule has 0 aliphatic heterocycles. The molecule has 3 rings (SSSR count). The normalized spacial score (nSPS) is 11.8. The van der Waals surface area contributed by atoms with Crippen LogP contribution in [0.15, 0.2) is 72.8 Å². The van der Waals surface area contributed by atoms with Gasteiger partial charge in [0.15, 0.2) is 5.78 Å². The maximum atomic E-state index is 13.0. The van der Waals surface area contributed by atoms with Crippen LogP contribution in [0, 0.1) is 5.82 Å². The van der Waals surface area contributed by atoms with Gasteiger partial charge in [0.2, 0.25) is 0 Å². The summed E-state index contributed by atoms with van der Waals surface area (Å²) < 4.78 is 18.5. The summed E-state index contributed by atoms with van der Waals surface area (Å²) in [4.78, 5) is 36.1. The quantitative estimate of drug-likeness (QED) is 0.125. The van der Waals surface area contributed by atoms with E-state index in [2.05, 4.69) is 0 Å². The number of carbonyl (C=O) groups is 3. The van der Waals surface area contributed by atoms with Crippen molar-refractivity contribution in [2.24, 2.45) is 0 Å². The minimum Gasteiger partial charge on any atom is -0.481 e. The van der Waals surface area contributed by atoms with Crippen LogP contribution in [0.2, 0.25) is 0 Å².